The van der Waals surface area contributed by atoms with Gasteiger partial charge in [-0.15, -0.1) is 0 Å². The molecule has 2 aromatic heterocycles. The largest absolute Gasteiger partial charge is 0.370 e. The predicted molar refractivity (Wildman–Crippen MR) is 52.2 cm³/mol. The third-order valence-corrected chi connectivity index (χ3v) is 2.20. The molecule has 2 N–H and O–H groups in total. The Kier molecular flexibility index (Phi) is 1.96. The lowest BCUT2D eigenvalue weighted by Crippen LogP contribution is -2.15. The standard InChI is InChI=1S/C10H10N2O2/c11-9(13)5-6-10(14)12-7-1-2-8(12)4-3-7/h1-4H,5-6H2,(H2,11,13). The molecule has 1 amide bonds. The summed E-state index contributed by atoms with van der Waals surface area (Å²) in [4.78, 5) is 22.1. The Morgan fingerprint density at radius 2 is 1.57 bits per heavy atom. The number of nitrogens with two attached hydrogens (primary N) is 1. The second-order valence-electron chi connectivity index (χ2n) is 3.21. The van der Waals surface area contributed by atoms with Crippen molar-refractivity contribution in [3.05, 3.63) is 24.3 Å². The number of hydrogen-bond donors (Lipinski definition) is 1. The van der Waals surface area contributed by atoms with E-state index in [9.17, 15) is 9.59 Å². The zero-order valence-corrected chi connectivity index (χ0v) is 7.56. The summed E-state index contributed by atoms with van der Waals surface area (Å²) in [6, 6.07) is 7.49. The molecule has 0 spiro atoms. The maximum atomic E-state index is 11.6. The number of fused-ring (bicyclic) bond motifs is 2. The first-order chi connectivity index (χ1) is 6.68. The van der Waals surface area contributed by atoms with Crippen LogP contribution < -0.4 is 5.73 Å². The van der Waals surface area contributed by atoms with E-state index in [4.69, 9.17) is 5.73 Å². The van der Waals surface area contributed by atoms with E-state index in [1.54, 1.807) is 4.57 Å². The van der Waals surface area contributed by atoms with Crippen LogP contribution in [0.4, 0.5) is 0 Å². The molecule has 0 saturated carbocycles. The number of rotatable bonds is 3. The summed E-state index contributed by atoms with van der Waals surface area (Å²) in [6.07, 6.45) is 0.279. The first-order valence-electron chi connectivity index (χ1n) is 4.40. The first kappa shape index (κ1) is 8.74. The van der Waals surface area contributed by atoms with Crippen LogP contribution in [0.3, 0.4) is 0 Å². The molecule has 0 aliphatic carbocycles. The van der Waals surface area contributed by atoms with Gasteiger partial charge in [0.25, 0.3) is 0 Å². The molecule has 0 aliphatic heterocycles. The van der Waals surface area contributed by atoms with E-state index in [-0.39, 0.29) is 18.7 Å². The molecule has 0 atom stereocenters. The van der Waals surface area contributed by atoms with Gasteiger partial charge in [0.15, 0.2) is 0 Å². The lowest BCUT2D eigenvalue weighted by molar-refractivity contribution is -0.118. The van der Waals surface area contributed by atoms with Crippen LogP contribution >= 0.6 is 0 Å². The highest BCUT2D eigenvalue weighted by molar-refractivity contribution is 5.93. The van der Waals surface area contributed by atoms with Gasteiger partial charge in [-0.2, -0.15) is 0 Å². The Morgan fingerprint density at radius 3 is 2.00 bits per heavy atom. The molecule has 0 fully saturated rings. The average molecular weight is 190 g/mol. The van der Waals surface area contributed by atoms with E-state index in [0.29, 0.717) is 0 Å². The molecule has 4 heteroatoms. The van der Waals surface area contributed by atoms with Gasteiger partial charge in [-0.1, -0.05) is 0 Å². The van der Waals surface area contributed by atoms with E-state index in [1.807, 2.05) is 24.3 Å². The van der Waals surface area contributed by atoms with Crippen molar-refractivity contribution in [1.29, 1.82) is 0 Å². The molecule has 0 saturated heterocycles. The number of carbonyl (C=O) groups excluding carboxylic acids is 2. The number of amides is 1. The second kappa shape index (κ2) is 3.14. The minimum atomic E-state index is -0.444. The van der Waals surface area contributed by atoms with Crippen molar-refractivity contribution in [3.8, 4) is 0 Å². The molecule has 0 aliphatic rings. The first-order valence-corrected chi connectivity index (χ1v) is 4.40. The van der Waals surface area contributed by atoms with Gasteiger partial charge in [-0.3, -0.25) is 14.2 Å². The Labute approximate surface area is 80.6 Å². The monoisotopic (exact) mass is 190 g/mol. The lowest BCUT2D eigenvalue weighted by Gasteiger charge is -2.00. The third-order valence-electron chi connectivity index (χ3n) is 2.20. The molecule has 4 nitrogen and oxygen atoms in total. The van der Waals surface area contributed by atoms with Gasteiger partial charge < -0.3 is 5.73 Å². The number of primary amides is 1. The van der Waals surface area contributed by atoms with Crippen molar-refractivity contribution in [2.24, 2.45) is 5.73 Å². The Bertz CT molecular complexity index is 424. The van der Waals surface area contributed by atoms with Crippen molar-refractivity contribution >= 4 is 22.8 Å². The smallest absolute Gasteiger partial charge is 0.232 e. The van der Waals surface area contributed by atoms with Gasteiger partial charge in [0.2, 0.25) is 11.8 Å². The van der Waals surface area contributed by atoms with Crippen molar-refractivity contribution < 1.29 is 9.59 Å². The van der Waals surface area contributed by atoms with Crippen LogP contribution in [0.5, 0.6) is 0 Å². The summed E-state index contributed by atoms with van der Waals surface area (Å²) in [5.74, 6) is -0.524. The fraction of sp³-hybridized carbons (Fsp3) is 0.200. The summed E-state index contributed by atoms with van der Waals surface area (Å²) < 4.78 is 1.60. The van der Waals surface area contributed by atoms with Crippen LogP contribution in [0.25, 0.3) is 11.0 Å². The molecule has 2 heterocycles. The second-order valence-corrected chi connectivity index (χ2v) is 3.21. The van der Waals surface area contributed by atoms with Gasteiger partial charge >= 0.3 is 0 Å². The summed E-state index contributed by atoms with van der Waals surface area (Å²) in [6.45, 7) is 0. The molecular formula is C10H10N2O2. The maximum Gasteiger partial charge on any atom is 0.232 e. The van der Waals surface area contributed by atoms with Gasteiger partial charge in [-0.25, -0.2) is 0 Å². The summed E-state index contributed by atoms with van der Waals surface area (Å²) in [5, 5.41) is 0. The Hall–Kier alpha value is -1.84. The SMILES string of the molecule is NC(=O)CCC(=O)n1c2ccc1cc2. The summed E-state index contributed by atoms with van der Waals surface area (Å²) in [7, 11) is 0. The average Bonchev–Trinajstić information content (AvgIpc) is 2.73. The molecule has 2 rings (SSSR count). The lowest BCUT2D eigenvalue weighted by atomic mass is 10.3. The number of benzene rings is 1. The van der Waals surface area contributed by atoms with Crippen LogP contribution in [-0.2, 0) is 4.79 Å². The highest BCUT2D eigenvalue weighted by Crippen LogP contribution is 2.17. The fourth-order valence-electron chi connectivity index (χ4n) is 1.53. The van der Waals surface area contributed by atoms with E-state index in [1.165, 1.54) is 0 Å². The van der Waals surface area contributed by atoms with Gasteiger partial charge in [0.05, 0.1) is 0 Å². The predicted octanol–water partition coefficient (Wildman–Crippen LogP) is 0.985. The van der Waals surface area contributed by atoms with Gasteiger partial charge in [-0.05, 0) is 24.3 Å². The zero-order valence-electron chi connectivity index (χ0n) is 7.56. The Morgan fingerprint density at radius 1 is 1.07 bits per heavy atom. The van der Waals surface area contributed by atoms with Crippen LogP contribution in [0, 0.1) is 0 Å². The van der Waals surface area contributed by atoms with Crippen molar-refractivity contribution in [2.45, 2.75) is 12.8 Å². The highest BCUT2D eigenvalue weighted by atomic mass is 16.2. The van der Waals surface area contributed by atoms with E-state index in [2.05, 4.69) is 0 Å². The number of hydrogen-bond acceptors (Lipinski definition) is 2. The topological polar surface area (TPSA) is 65.1 Å². The van der Waals surface area contributed by atoms with Crippen LogP contribution in [-0.4, -0.2) is 16.4 Å². The van der Waals surface area contributed by atoms with Crippen molar-refractivity contribution in [3.63, 3.8) is 0 Å². The summed E-state index contributed by atoms with van der Waals surface area (Å²) >= 11 is 0. The van der Waals surface area contributed by atoms with Crippen molar-refractivity contribution in [1.82, 2.24) is 4.57 Å². The minimum absolute atomic E-state index is 0.0798. The molecule has 72 valence electrons. The van der Waals surface area contributed by atoms with E-state index >= 15 is 0 Å². The molecule has 2 bridgehead atoms. The summed E-state index contributed by atoms with van der Waals surface area (Å²) in [5.41, 5.74) is 6.71. The van der Waals surface area contributed by atoms with Crippen LogP contribution in [0.1, 0.15) is 17.6 Å². The van der Waals surface area contributed by atoms with Gasteiger partial charge in [0.1, 0.15) is 0 Å². The number of nitrogens with zero attached hydrogens (tertiary/aromatic N) is 1. The number of aromatic nitrogens is 1. The molecule has 0 unspecified atom stereocenters. The highest BCUT2D eigenvalue weighted by Gasteiger charge is 2.11. The number of carbonyl (C=O) groups is 2. The third kappa shape index (κ3) is 1.35. The molecule has 2 aromatic rings. The van der Waals surface area contributed by atoms with Crippen LogP contribution in [0.2, 0.25) is 0 Å². The normalized spacial score (nSPS) is 10.9. The molecular weight excluding hydrogens is 180 g/mol. The zero-order chi connectivity index (χ0) is 10.1. The molecule has 14 heavy (non-hydrogen) atoms. The van der Waals surface area contributed by atoms with E-state index < -0.39 is 5.91 Å². The molecule has 0 aromatic carbocycles. The maximum absolute atomic E-state index is 11.6. The quantitative estimate of drug-likeness (QED) is 0.784. The molecule has 0 radical (unpaired) electrons. The Balaban J connectivity index is 2.16. The van der Waals surface area contributed by atoms with E-state index in [0.717, 1.165) is 11.0 Å². The fourth-order valence-corrected chi connectivity index (χ4v) is 1.53. The van der Waals surface area contributed by atoms with Gasteiger partial charge in [0, 0.05) is 23.9 Å². The van der Waals surface area contributed by atoms with Crippen LogP contribution in [0.15, 0.2) is 24.3 Å². The van der Waals surface area contributed by atoms with Crippen molar-refractivity contribution in [2.75, 3.05) is 0 Å². The minimum Gasteiger partial charge on any atom is -0.370 e.